The van der Waals surface area contributed by atoms with Gasteiger partial charge in [0.05, 0.1) is 17.1 Å². The fraction of sp³-hybridized carbons (Fsp3) is 0.231. The second-order valence-corrected chi connectivity index (χ2v) is 6.06. The number of nitrogens with two attached hydrogens (primary N) is 1. The Labute approximate surface area is 133 Å². The van der Waals surface area contributed by atoms with Crippen molar-refractivity contribution < 1.29 is 4.79 Å². The molecule has 0 bridgehead atoms. The number of halogens is 2. The maximum Gasteiger partial charge on any atom is 0.278 e. The molecule has 5 nitrogen and oxygen atoms in total. The summed E-state index contributed by atoms with van der Waals surface area (Å²) in [6.07, 6.45) is 1.71. The molecule has 1 aromatic heterocycles. The van der Waals surface area contributed by atoms with Gasteiger partial charge in [0, 0.05) is 8.95 Å². The largest absolute Gasteiger partial charge is 0.395 e. The highest BCUT2D eigenvalue weighted by Gasteiger charge is 2.17. The van der Waals surface area contributed by atoms with Crippen LogP contribution in [0.5, 0.6) is 0 Å². The Hall–Kier alpha value is -1.34. The topological polar surface area (TPSA) is 83.8 Å². The van der Waals surface area contributed by atoms with E-state index >= 15 is 0 Å². The highest BCUT2D eigenvalue weighted by atomic mass is 79.9. The minimum atomic E-state index is -0.333. The SMILES string of the molecule is CCCc1[nH]nc(C(=O)Nc2cc(Br)ccc2Br)c1N. The van der Waals surface area contributed by atoms with Gasteiger partial charge < -0.3 is 11.1 Å². The summed E-state index contributed by atoms with van der Waals surface area (Å²) in [6.45, 7) is 2.04. The first kappa shape index (κ1) is 15.1. The average Bonchev–Trinajstić information content (AvgIpc) is 2.76. The molecule has 0 unspecified atom stereocenters. The van der Waals surface area contributed by atoms with Crippen LogP contribution in [0.2, 0.25) is 0 Å². The van der Waals surface area contributed by atoms with Crippen molar-refractivity contribution in [3.63, 3.8) is 0 Å². The number of carbonyl (C=O) groups is 1. The Morgan fingerprint density at radius 1 is 1.45 bits per heavy atom. The fourth-order valence-electron chi connectivity index (χ4n) is 1.78. The lowest BCUT2D eigenvalue weighted by Crippen LogP contribution is -2.14. The van der Waals surface area contributed by atoms with Gasteiger partial charge in [-0.15, -0.1) is 0 Å². The van der Waals surface area contributed by atoms with E-state index in [-0.39, 0.29) is 11.6 Å². The third-order valence-electron chi connectivity index (χ3n) is 2.77. The van der Waals surface area contributed by atoms with Crippen LogP contribution in [0.1, 0.15) is 29.5 Å². The zero-order chi connectivity index (χ0) is 14.7. The van der Waals surface area contributed by atoms with Gasteiger partial charge in [-0.3, -0.25) is 9.89 Å². The lowest BCUT2D eigenvalue weighted by molar-refractivity contribution is 0.102. The first-order valence-corrected chi connectivity index (χ1v) is 7.70. The number of nitrogen functional groups attached to an aromatic ring is 1. The van der Waals surface area contributed by atoms with E-state index in [2.05, 4.69) is 47.4 Å². The van der Waals surface area contributed by atoms with Crippen LogP contribution in [0.4, 0.5) is 11.4 Å². The van der Waals surface area contributed by atoms with Gasteiger partial charge in [0.2, 0.25) is 0 Å². The van der Waals surface area contributed by atoms with Gasteiger partial charge in [-0.25, -0.2) is 0 Å². The number of aromatic nitrogens is 2. The Morgan fingerprint density at radius 2 is 2.20 bits per heavy atom. The fourth-order valence-corrected chi connectivity index (χ4v) is 2.48. The molecular weight excluding hydrogens is 388 g/mol. The molecule has 0 saturated carbocycles. The summed E-state index contributed by atoms with van der Waals surface area (Å²) in [6, 6.07) is 5.52. The van der Waals surface area contributed by atoms with Gasteiger partial charge in [0.1, 0.15) is 0 Å². The third kappa shape index (κ3) is 3.21. The van der Waals surface area contributed by atoms with Gasteiger partial charge in [-0.1, -0.05) is 29.3 Å². The summed E-state index contributed by atoms with van der Waals surface area (Å²) in [5.41, 5.74) is 8.02. The van der Waals surface area contributed by atoms with E-state index in [0.717, 1.165) is 27.5 Å². The molecule has 1 heterocycles. The molecule has 1 amide bonds. The summed E-state index contributed by atoms with van der Waals surface area (Å²) in [5.74, 6) is -0.333. The predicted molar refractivity (Wildman–Crippen MR) is 86.8 cm³/mol. The van der Waals surface area contributed by atoms with Gasteiger partial charge >= 0.3 is 0 Å². The van der Waals surface area contributed by atoms with Crippen molar-refractivity contribution in [1.82, 2.24) is 10.2 Å². The van der Waals surface area contributed by atoms with E-state index in [0.29, 0.717) is 11.4 Å². The molecule has 20 heavy (non-hydrogen) atoms. The molecule has 2 aromatic rings. The molecule has 106 valence electrons. The standard InChI is InChI=1S/C13H14Br2N4O/c1-2-3-9-11(16)12(19-18-9)13(20)17-10-6-7(14)4-5-8(10)15/h4-6H,2-3,16H2,1H3,(H,17,20)(H,18,19). The van der Waals surface area contributed by atoms with E-state index in [4.69, 9.17) is 5.73 Å². The number of aromatic amines is 1. The summed E-state index contributed by atoms with van der Waals surface area (Å²) in [5, 5.41) is 9.59. The number of anilines is 2. The second-order valence-electron chi connectivity index (χ2n) is 4.29. The maximum absolute atomic E-state index is 12.2. The highest BCUT2D eigenvalue weighted by molar-refractivity contribution is 9.11. The molecular formula is C13H14Br2N4O. The number of aryl methyl sites for hydroxylation is 1. The summed E-state index contributed by atoms with van der Waals surface area (Å²) < 4.78 is 1.66. The Kier molecular flexibility index (Phi) is 4.82. The van der Waals surface area contributed by atoms with Crippen molar-refractivity contribution in [2.75, 3.05) is 11.1 Å². The third-order valence-corrected chi connectivity index (χ3v) is 3.96. The molecule has 7 heteroatoms. The number of amides is 1. The van der Waals surface area contributed by atoms with E-state index < -0.39 is 0 Å². The minimum absolute atomic E-state index is 0.223. The minimum Gasteiger partial charge on any atom is -0.395 e. The monoisotopic (exact) mass is 400 g/mol. The van der Waals surface area contributed by atoms with Crippen LogP contribution in [0, 0.1) is 0 Å². The van der Waals surface area contributed by atoms with Crippen molar-refractivity contribution >= 4 is 49.1 Å². The summed E-state index contributed by atoms with van der Waals surface area (Å²) in [7, 11) is 0. The number of H-pyrrole nitrogens is 1. The molecule has 0 aliphatic carbocycles. The zero-order valence-corrected chi connectivity index (χ0v) is 14.0. The van der Waals surface area contributed by atoms with E-state index in [1.54, 1.807) is 6.07 Å². The van der Waals surface area contributed by atoms with Crippen molar-refractivity contribution in [1.29, 1.82) is 0 Å². The van der Waals surface area contributed by atoms with E-state index in [1.807, 2.05) is 19.1 Å². The molecule has 0 fully saturated rings. The number of carbonyl (C=O) groups excluding carboxylic acids is 1. The molecule has 0 radical (unpaired) electrons. The molecule has 0 atom stereocenters. The van der Waals surface area contributed by atoms with Crippen LogP contribution in [-0.2, 0) is 6.42 Å². The average molecular weight is 402 g/mol. The molecule has 0 spiro atoms. The van der Waals surface area contributed by atoms with Crippen molar-refractivity contribution in [2.24, 2.45) is 0 Å². The van der Waals surface area contributed by atoms with Gasteiger partial charge in [-0.05, 0) is 40.5 Å². The molecule has 1 aromatic carbocycles. The molecule has 0 saturated heterocycles. The van der Waals surface area contributed by atoms with Crippen LogP contribution in [0.25, 0.3) is 0 Å². The molecule has 0 aliphatic rings. The molecule has 0 aliphatic heterocycles. The van der Waals surface area contributed by atoms with Crippen LogP contribution in [0.3, 0.4) is 0 Å². The first-order chi connectivity index (χ1) is 9.52. The predicted octanol–water partition coefficient (Wildman–Crippen LogP) is 3.72. The normalized spacial score (nSPS) is 10.6. The first-order valence-electron chi connectivity index (χ1n) is 6.12. The van der Waals surface area contributed by atoms with Crippen LogP contribution < -0.4 is 11.1 Å². The highest BCUT2D eigenvalue weighted by Crippen LogP contribution is 2.27. The smallest absolute Gasteiger partial charge is 0.278 e. The summed E-state index contributed by atoms with van der Waals surface area (Å²) >= 11 is 6.75. The summed E-state index contributed by atoms with van der Waals surface area (Å²) in [4.78, 5) is 12.2. The van der Waals surface area contributed by atoms with Gasteiger partial charge in [0.15, 0.2) is 5.69 Å². The number of rotatable bonds is 4. The van der Waals surface area contributed by atoms with Crippen molar-refractivity contribution in [3.8, 4) is 0 Å². The second kappa shape index (κ2) is 6.41. The quantitative estimate of drug-likeness (QED) is 0.729. The van der Waals surface area contributed by atoms with E-state index in [1.165, 1.54) is 0 Å². The van der Waals surface area contributed by atoms with Crippen molar-refractivity contribution in [3.05, 3.63) is 38.5 Å². The lowest BCUT2D eigenvalue weighted by atomic mass is 10.2. The van der Waals surface area contributed by atoms with Crippen LogP contribution >= 0.6 is 31.9 Å². The zero-order valence-electron chi connectivity index (χ0n) is 10.8. The van der Waals surface area contributed by atoms with Gasteiger partial charge in [-0.2, -0.15) is 5.10 Å². The molecule has 2 rings (SSSR count). The number of hydrogen-bond acceptors (Lipinski definition) is 3. The number of benzene rings is 1. The van der Waals surface area contributed by atoms with Gasteiger partial charge in [0.25, 0.3) is 5.91 Å². The Morgan fingerprint density at radius 3 is 2.90 bits per heavy atom. The van der Waals surface area contributed by atoms with Crippen LogP contribution in [0.15, 0.2) is 27.1 Å². The Balaban J connectivity index is 2.22. The maximum atomic E-state index is 12.2. The Bertz CT molecular complexity index is 639. The number of nitrogens with one attached hydrogen (secondary N) is 2. The van der Waals surface area contributed by atoms with Crippen LogP contribution in [-0.4, -0.2) is 16.1 Å². The lowest BCUT2D eigenvalue weighted by Gasteiger charge is -2.07. The number of hydrogen-bond donors (Lipinski definition) is 3. The number of nitrogens with zero attached hydrogens (tertiary/aromatic N) is 1. The van der Waals surface area contributed by atoms with E-state index in [9.17, 15) is 4.79 Å². The van der Waals surface area contributed by atoms with Crippen molar-refractivity contribution in [2.45, 2.75) is 19.8 Å². The molecule has 4 N–H and O–H groups in total.